The number of hydrogen-bond donors (Lipinski definition) is 0. The Balaban J connectivity index is 2.30. The second-order valence-electron chi connectivity index (χ2n) is 4.38. The van der Waals surface area contributed by atoms with E-state index >= 15 is 0 Å². The van der Waals surface area contributed by atoms with Crippen molar-refractivity contribution in [3.8, 4) is 0 Å². The molecule has 1 aliphatic carbocycles. The van der Waals surface area contributed by atoms with Gasteiger partial charge in [-0.1, -0.05) is 12.8 Å². The van der Waals surface area contributed by atoms with Gasteiger partial charge in [-0.15, -0.1) is 0 Å². The van der Waals surface area contributed by atoms with Gasteiger partial charge in [0.15, 0.2) is 0 Å². The third-order valence-electron chi connectivity index (χ3n) is 3.07. The summed E-state index contributed by atoms with van der Waals surface area (Å²) in [7, 11) is 1.01. The highest BCUT2D eigenvalue weighted by atomic mass is 35.7. The van der Waals surface area contributed by atoms with Crippen molar-refractivity contribution in [3.63, 3.8) is 0 Å². The van der Waals surface area contributed by atoms with Crippen LogP contribution >= 0.6 is 10.7 Å². The molecule has 0 aromatic carbocycles. The predicted octanol–water partition coefficient (Wildman–Crippen LogP) is 1.91. The van der Waals surface area contributed by atoms with Crippen LogP contribution in [0.5, 0.6) is 0 Å². The first-order chi connectivity index (χ1) is 8.38. The molecule has 1 fully saturated rings. The fourth-order valence-corrected chi connectivity index (χ4v) is 3.15. The summed E-state index contributed by atoms with van der Waals surface area (Å²) in [5.41, 5.74) is 0. The minimum atomic E-state index is -4.14. The molecule has 9 heteroatoms. The van der Waals surface area contributed by atoms with Crippen LogP contribution in [0.25, 0.3) is 0 Å². The molecule has 0 amide bonds. The quantitative estimate of drug-likeness (QED) is 0.480. The van der Waals surface area contributed by atoms with E-state index in [1.165, 1.54) is 4.68 Å². The zero-order valence-corrected chi connectivity index (χ0v) is 11.0. The summed E-state index contributed by atoms with van der Waals surface area (Å²) < 4.78 is 23.7. The Morgan fingerprint density at radius 1 is 1.50 bits per heavy atom. The molecule has 18 heavy (non-hydrogen) atoms. The van der Waals surface area contributed by atoms with E-state index in [-0.39, 0.29) is 0 Å². The van der Waals surface area contributed by atoms with Crippen LogP contribution in [-0.2, 0) is 15.6 Å². The number of halogens is 1. The molecular formula is C9H12ClN3O4S. The highest BCUT2D eigenvalue weighted by molar-refractivity contribution is 8.13. The first kappa shape index (κ1) is 13.3. The minimum absolute atomic E-state index is 0.399. The molecule has 0 atom stereocenters. The molecule has 1 heterocycles. The highest BCUT2D eigenvalue weighted by Crippen LogP contribution is 2.29. The molecule has 0 N–H and O–H groups in total. The van der Waals surface area contributed by atoms with Crippen LogP contribution in [0.1, 0.15) is 25.7 Å². The largest absolute Gasteiger partial charge is 0.410 e. The molecule has 7 nitrogen and oxygen atoms in total. The molecule has 0 saturated heterocycles. The summed E-state index contributed by atoms with van der Waals surface area (Å²) in [6, 6.07) is 0. The van der Waals surface area contributed by atoms with Gasteiger partial charge in [-0.3, -0.25) is 0 Å². The van der Waals surface area contributed by atoms with Crippen molar-refractivity contribution in [1.82, 2.24) is 9.78 Å². The van der Waals surface area contributed by atoms with Crippen LogP contribution in [-0.4, -0.2) is 23.1 Å². The number of nitrogens with zero attached hydrogens (tertiary/aromatic N) is 3. The van der Waals surface area contributed by atoms with Gasteiger partial charge in [-0.2, -0.15) is 4.68 Å². The number of nitro groups is 1. The van der Waals surface area contributed by atoms with Crippen LogP contribution in [0.4, 0.5) is 5.82 Å². The highest BCUT2D eigenvalue weighted by Gasteiger charge is 2.30. The lowest BCUT2D eigenvalue weighted by molar-refractivity contribution is -0.392. The predicted molar refractivity (Wildman–Crippen MR) is 63.9 cm³/mol. The lowest BCUT2D eigenvalue weighted by Gasteiger charge is -2.04. The van der Waals surface area contributed by atoms with E-state index in [4.69, 9.17) is 10.7 Å². The Morgan fingerprint density at radius 3 is 2.56 bits per heavy atom. The normalized spacial score (nSPS) is 17.2. The third kappa shape index (κ3) is 2.81. The van der Waals surface area contributed by atoms with Gasteiger partial charge < -0.3 is 10.1 Å². The van der Waals surface area contributed by atoms with Gasteiger partial charge in [-0.25, -0.2) is 8.42 Å². The van der Waals surface area contributed by atoms with Crippen molar-refractivity contribution in [2.75, 3.05) is 0 Å². The second-order valence-corrected chi connectivity index (χ2v) is 6.92. The van der Waals surface area contributed by atoms with Crippen LogP contribution < -0.4 is 0 Å². The van der Waals surface area contributed by atoms with Crippen LogP contribution in [0, 0.1) is 16.0 Å². The molecular weight excluding hydrogens is 282 g/mol. The first-order valence-corrected chi connectivity index (χ1v) is 7.85. The minimum Gasteiger partial charge on any atom is -0.358 e. The third-order valence-corrected chi connectivity index (χ3v) is 4.38. The summed E-state index contributed by atoms with van der Waals surface area (Å²) >= 11 is 0. The summed E-state index contributed by atoms with van der Waals surface area (Å²) in [4.78, 5) is 9.36. The molecule has 0 unspecified atom stereocenters. The average molecular weight is 294 g/mol. The molecule has 100 valence electrons. The lowest BCUT2D eigenvalue weighted by Crippen LogP contribution is -2.08. The molecule has 0 bridgehead atoms. The summed E-state index contributed by atoms with van der Waals surface area (Å²) in [5.74, 6) is -0.307. The van der Waals surface area contributed by atoms with Crippen molar-refractivity contribution >= 4 is 25.6 Å². The molecule has 0 spiro atoms. The molecule has 0 radical (unpaired) electrons. The van der Waals surface area contributed by atoms with E-state index in [0.29, 0.717) is 12.5 Å². The van der Waals surface area contributed by atoms with Gasteiger partial charge in [0, 0.05) is 10.7 Å². The van der Waals surface area contributed by atoms with Crippen LogP contribution in [0.2, 0.25) is 0 Å². The second kappa shape index (κ2) is 4.85. The average Bonchev–Trinajstić information content (AvgIpc) is 2.85. The fraction of sp³-hybridized carbons (Fsp3) is 0.667. The molecule has 1 aromatic rings. The Morgan fingerprint density at radius 2 is 2.11 bits per heavy atom. The Kier molecular flexibility index (Phi) is 3.58. The van der Waals surface area contributed by atoms with Crippen LogP contribution in [0.3, 0.4) is 0 Å². The van der Waals surface area contributed by atoms with Gasteiger partial charge in [0.1, 0.15) is 0 Å². The topological polar surface area (TPSA) is 95.1 Å². The lowest BCUT2D eigenvalue weighted by atomic mass is 10.1. The number of aromatic nitrogens is 2. The van der Waals surface area contributed by atoms with Gasteiger partial charge in [-0.05, 0) is 23.7 Å². The summed E-state index contributed by atoms with van der Waals surface area (Å²) in [6.07, 6.45) is 5.48. The smallest absolute Gasteiger partial charge is 0.358 e. The monoisotopic (exact) mass is 293 g/mol. The van der Waals surface area contributed by atoms with E-state index in [1.807, 2.05) is 0 Å². The summed E-state index contributed by atoms with van der Waals surface area (Å²) in [5, 5.41) is 14.4. The Labute approximate surface area is 108 Å². The molecule has 1 aliphatic rings. The van der Waals surface area contributed by atoms with Crippen molar-refractivity contribution in [2.45, 2.75) is 37.1 Å². The maximum Gasteiger partial charge on any atom is 0.410 e. The van der Waals surface area contributed by atoms with E-state index in [0.717, 1.165) is 31.9 Å². The maximum absolute atomic E-state index is 11.2. The summed E-state index contributed by atoms with van der Waals surface area (Å²) in [6.45, 7) is 0.493. The zero-order valence-electron chi connectivity index (χ0n) is 9.45. The standard InChI is InChI=1S/C9H12ClN3O4S/c10-18(16,17)8-6-12(11-9(8)13(14)15)5-7-3-1-2-4-7/h6-7H,1-5H2. The van der Waals surface area contributed by atoms with E-state index in [2.05, 4.69) is 5.10 Å². The molecule has 2 rings (SSSR count). The Bertz CT molecular complexity index is 562. The molecule has 0 aliphatic heterocycles. The van der Waals surface area contributed by atoms with Gasteiger partial charge in [0.25, 0.3) is 9.05 Å². The van der Waals surface area contributed by atoms with E-state index in [1.54, 1.807) is 0 Å². The van der Waals surface area contributed by atoms with Crippen molar-refractivity contribution < 1.29 is 13.3 Å². The van der Waals surface area contributed by atoms with Gasteiger partial charge >= 0.3 is 5.82 Å². The van der Waals surface area contributed by atoms with Gasteiger partial charge in [0.05, 0.1) is 17.8 Å². The zero-order chi connectivity index (χ0) is 13.3. The van der Waals surface area contributed by atoms with Crippen molar-refractivity contribution in [2.24, 2.45) is 5.92 Å². The number of rotatable bonds is 4. The van der Waals surface area contributed by atoms with Crippen molar-refractivity contribution in [3.05, 3.63) is 16.3 Å². The van der Waals surface area contributed by atoms with Crippen LogP contribution in [0.15, 0.2) is 11.1 Å². The number of hydrogen-bond acceptors (Lipinski definition) is 5. The fourth-order valence-electron chi connectivity index (χ4n) is 2.24. The van der Waals surface area contributed by atoms with Crippen molar-refractivity contribution in [1.29, 1.82) is 0 Å². The Hall–Kier alpha value is -1.15. The maximum atomic E-state index is 11.2. The first-order valence-electron chi connectivity index (χ1n) is 5.54. The molecule has 1 aromatic heterocycles. The van der Waals surface area contributed by atoms with E-state index < -0.39 is 24.7 Å². The van der Waals surface area contributed by atoms with E-state index in [9.17, 15) is 18.5 Å². The van der Waals surface area contributed by atoms with Gasteiger partial charge in [0.2, 0.25) is 4.90 Å². The molecule has 1 saturated carbocycles. The SMILES string of the molecule is O=[N+]([O-])c1nn(CC2CCCC2)cc1S(=O)(=O)Cl.